The minimum Gasteiger partial charge on any atom is -0.475 e. The summed E-state index contributed by atoms with van der Waals surface area (Å²) in [4.78, 5) is 29.2. The number of nitrogens with zero attached hydrogens (tertiary/aromatic N) is 2. The highest BCUT2D eigenvalue weighted by Crippen LogP contribution is 2.41. The third-order valence-electron chi connectivity index (χ3n) is 4.81. The van der Waals surface area contributed by atoms with Crippen molar-refractivity contribution in [1.29, 1.82) is 0 Å². The Kier molecular flexibility index (Phi) is 6.80. The Bertz CT molecular complexity index is 1210. The van der Waals surface area contributed by atoms with E-state index in [1.807, 2.05) is 66.7 Å². The molecular weight excluding hydrogens is 479 g/mol. The minimum atomic E-state index is -5.08. The molecule has 0 saturated heterocycles. The van der Waals surface area contributed by atoms with Crippen molar-refractivity contribution in [2.24, 2.45) is 10.7 Å². The number of carbonyl (C=O) groups is 2. The molecule has 1 aliphatic rings. The van der Waals surface area contributed by atoms with Crippen LogP contribution in [0.3, 0.4) is 0 Å². The number of benzene rings is 2. The second-order valence-corrected chi connectivity index (χ2v) is 8.61. The second-order valence-electron chi connectivity index (χ2n) is 6.90. The third kappa shape index (κ3) is 4.86. The summed E-state index contributed by atoms with van der Waals surface area (Å²) in [6, 6.07) is 21.2. The smallest absolute Gasteiger partial charge is 0.475 e. The lowest BCUT2D eigenvalue weighted by molar-refractivity contribution is -0.192. The van der Waals surface area contributed by atoms with Gasteiger partial charge in [-0.1, -0.05) is 60.1 Å². The van der Waals surface area contributed by atoms with E-state index in [0.717, 1.165) is 25.9 Å². The number of carboxylic acids is 1. The Balaban J connectivity index is 0.000000383. The average molecular weight is 496 g/mol. The van der Waals surface area contributed by atoms with Gasteiger partial charge in [0.15, 0.2) is 11.5 Å². The highest BCUT2D eigenvalue weighted by Gasteiger charge is 2.49. The Morgan fingerprint density at radius 3 is 2.18 bits per heavy atom. The van der Waals surface area contributed by atoms with Crippen LogP contribution >= 0.6 is 22.9 Å². The number of amides is 1. The van der Waals surface area contributed by atoms with Crippen molar-refractivity contribution < 1.29 is 27.9 Å². The number of aliphatic imine (C=N–C) groups is 1. The molecule has 6 nitrogen and oxygen atoms in total. The van der Waals surface area contributed by atoms with Crippen LogP contribution in [0.25, 0.3) is 10.4 Å². The molecule has 33 heavy (non-hydrogen) atoms. The standard InChI is InChI=1S/C20H16ClN3OS.C2HF3O2/c1-24-18(25)20(23-19(24)22,14-7-3-2-4-8-14)15-9-5-6-13(12-15)16-10-11-17(21)26-16;3-2(4,5)1(6)7/h2-12H,1H3,(H2,22,23);(H,6,7). The number of nitrogens with two attached hydrogens (primary N) is 1. The van der Waals surface area contributed by atoms with Gasteiger partial charge in [0, 0.05) is 11.9 Å². The number of guanidine groups is 1. The lowest BCUT2D eigenvalue weighted by Crippen LogP contribution is -2.41. The fourth-order valence-electron chi connectivity index (χ4n) is 3.23. The van der Waals surface area contributed by atoms with Crippen molar-refractivity contribution in [2.45, 2.75) is 11.7 Å². The van der Waals surface area contributed by atoms with E-state index in [2.05, 4.69) is 4.99 Å². The maximum atomic E-state index is 13.2. The predicted molar refractivity (Wildman–Crippen MR) is 120 cm³/mol. The molecule has 0 bridgehead atoms. The van der Waals surface area contributed by atoms with Crippen molar-refractivity contribution in [3.63, 3.8) is 0 Å². The van der Waals surface area contributed by atoms with Crippen LogP contribution < -0.4 is 5.73 Å². The van der Waals surface area contributed by atoms with Crippen molar-refractivity contribution >= 4 is 40.8 Å². The van der Waals surface area contributed by atoms with Gasteiger partial charge in [-0.3, -0.25) is 9.69 Å². The molecule has 2 heterocycles. The summed E-state index contributed by atoms with van der Waals surface area (Å²) in [6.07, 6.45) is -5.08. The number of aliphatic carboxylic acids is 1. The number of rotatable bonds is 3. The van der Waals surface area contributed by atoms with Crippen LogP contribution in [0.4, 0.5) is 13.2 Å². The fourth-order valence-corrected chi connectivity index (χ4v) is 4.27. The molecular formula is C22H17ClF3N3O3S. The highest BCUT2D eigenvalue weighted by molar-refractivity contribution is 7.19. The predicted octanol–water partition coefficient (Wildman–Crippen LogP) is 4.73. The van der Waals surface area contributed by atoms with Crippen molar-refractivity contribution in [3.8, 4) is 10.4 Å². The molecule has 172 valence electrons. The van der Waals surface area contributed by atoms with Crippen LogP contribution in [0, 0.1) is 0 Å². The summed E-state index contributed by atoms with van der Waals surface area (Å²) < 4.78 is 32.5. The zero-order valence-corrected chi connectivity index (χ0v) is 18.6. The van der Waals surface area contributed by atoms with E-state index in [1.54, 1.807) is 7.05 Å². The number of thiophene rings is 1. The zero-order valence-electron chi connectivity index (χ0n) is 17.0. The normalized spacial score (nSPS) is 17.9. The van der Waals surface area contributed by atoms with Gasteiger partial charge in [-0.2, -0.15) is 13.2 Å². The van der Waals surface area contributed by atoms with E-state index in [4.69, 9.17) is 27.2 Å². The topological polar surface area (TPSA) is 96.0 Å². The Morgan fingerprint density at radius 1 is 1.09 bits per heavy atom. The van der Waals surface area contributed by atoms with Crippen LogP contribution in [0.15, 0.2) is 71.7 Å². The number of likely N-dealkylation sites (N-methyl/N-ethyl adjacent to an activating group) is 1. The van der Waals surface area contributed by atoms with E-state index in [-0.39, 0.29) is 11.9 Å². The maximum Gasteiger partial charge on any atom is 0.490 e. The largest absolute Gasteiger partial charge is 0.490 e. The van der Waals surface area contributed by atoms with Gasteiger partial charge >= 0.3 is 12.1 Å². The molecule has 1 atom stereocenters. The van der Waals surface area contributed by atoms with Crippen LogP contribution in [0.2, 0.25) is 4.34 Å². The average Bonchev–Trinajstić information content (AvgIpc) is 3.32. The summed E-state index contributed by atoms with van der Waals surface area (Å²) in [5.41, 5.74) is 7.40. The van der Waals surface area contributed by atoms with Gasteiger partial charge in [0.05, 0.1) is 4.34 Å². The molecule has 0 fully saturated rings. The van der Waals surface area contributed by atoms with Gasteiger partial charge in [0.1, 0.15) is 0 Å². The third-order valence-corrected chi connectivity index (χ3v) is 6.09. The summed E-state index contributed by atoms with van der Waals surface area (Å²) in [5, 5.41) is 7.12. The van der Waals surface area contributed by atoms with Gasteiger partial charge < -0.3 is 10.8 Å². The first kappa shape index (κ1) is 24.3. The van der Waals surface area contributed by atoms with E-state index in [1.165, 1.54) is 16.2 Å². The van der Waals surface area contributed by atoms with Crippen LogP contribution in [0.5, 0.6) is 0 Å². The summed E-state index contributed by atoms with van der Waals surface area (Å²) in [5.74, 6) is -2.71. The zero-order chi connectivity index (χ0) is 24.4. The van der Waals surface area contributed by atoms with E-state index in [0.29, 0.717) is 0 Å². The van der Waals surface area contributed by atoms with Gasteiger partial charge in [-0.05, 0) is 34.9 Å². The number of halogens is 4. The maximum absolute atomic E-state index is 13.2. The van der Waals surface area contributed by atoms with E-state index >= 15 is 0 Å². The molecule has 2 aromatic carbocycles. The number of hydrogen-bond acceptors (Lipinski definition) is 5. The number of hydrogen-bond donors (Lipinski definition) is 2. The van der Waals surface area contributed by atoms with E-state index in [9.17, 15) is 18.0 Å². The van der Waals surface area contributed by atoms with Gasteiger partial charge in [-0.25, -0.2) is 9.79 Å². The van der Waals surface area contributed by atoms with Crippen LogP contribution in [-0.2, 0) is 15.1 Å². The SMILES string of the molecule is CN1C(=O)C(c2ccccc2)(c2cccc(-c3ccc(Cl)s3)c2)N=C1N.O=C(O)C(F)(F)F. The molecule has 11 heteroatoms. The molecule has 1 aliphatic heterocycles. The summed E-state index contributed by atoms with van der Waals surface area (Å²) in [7, 11) is 1.65. The monoisotopic (exact) mass is 495 g/mol. The minimum absolute atomic E-state index is 0.164. The highest BCUT2D eigenvalue weighted by atomic mass is 35.5. The molecule has 0 aliphatic carbocycles. The Hall–Kier alpha value is -3.37. The van der Waals surface area contributed by atoms with Crippen molar-refractivity contribution in [1.82, 2.24) is 4.90 Å². The molecule has 0 saturated carbocycles. The lowest BCUT2D eigenvalue weighted by Gasteiger charge is -2.26. The Labute approximate surface area is 195 Å². The summed E-state index contributed by atoms with van der Waals surface area (Å²) >= 11 is 7.58. The molecule has 0 radical (unpaired) electrons. The molecule has 1 amide bonds. The van der Waals surface area contributed by atoms with Gasteiger partial charge in [-0.15, -0.1) is 11.3 Å². The summed E-state index contributed by atoms with van der Waals surface area (Å²) in [6.45, 7) is 0. The fraction of sp³-hybridized carbons (Fsp3) is 0.136. The lowest BCUT2D eigenvalue weighted by atomic mass is 9.82. The molecule has 1 unspecified atom stereocenters. The van der Waals surface area contributed by atoms with Crippen molar-refractivity contribution in [2.75, 3.05) is 7.05 Å². The Morgan fingerprint density at radius 2 is 1.70 bits per heavy atom. The number of alkyl halides is 3. The molecule has 0 spiro atoms. The van der Waals surface area contributed by atoms with Gasteiger partial charge in [0.25, 0.3) is 5.91 Å². The van der Waals surface area contributed by atoms with Crippen LogP contribution in [0.1, 0.15) is 11.1 Å². The first-order chi connectivity index (χ1) is 15.5. The van der Waals surface area contributed by atoms with Gasteiger partial charge in [0.2, 0.25) is 0 Å². The molecule has 3 N–H and O–H groups in total. The van der Waals surface area contributed by atoms with Crippen LogP contribution in [-0.4, -0.2) is 41.1 Å². The number of carbonyl (C=O) groups excluding carboxylic acids is 1. The second kappa shape index (κ2) is 9.24. The molecule has 3 aromatic rings. The first-order valence-electron chi connectivity index (χ1n) is 9.32. The molecule has 1 aromatic heterocycles. The first-order valence-corrected chi connectivity index (χ1v) is 10.5. The quantitative estimate of drug-likeness (QED) is 0.549. The number of carboxylic acid groups (broad SMARTS) is 1. The molecule has 4 rings (SSSR count). The van der Waals surface area contributed by atoms with E-state index < -0.39 is 17.7 Å². The van der Waals surface area contributed by atoms with Crippen molar-refractivity contribution in [3.05, 3.63) is 82.2 Å².